The molecule has 0 spiro atoms. The Kier molecular flexibility index (Phi) is 8.74. The zero-order valence-corrected chi connectivity index (χ0v) is 21.1. The van der Waals surface area contributed by atoms with E-state index >= 15 is 0 Å². The lowest BCUT2D eigenvalue weighted by Crippen LogP contribution is -2.55. The molecule has 2 heterocycles. The lowest BCUT2D eigenvalue weighted by molar-refractivity contribution is -0.130. The van der Waals surface area contributed by atoms with E-state index in [-0.39, 0.29) is 53.8 Å². The predicted octanol–water partition coefficient (Wildman–Crippen LogP) is 2.18. The van der Waals surface area contributed by atoms with Crippen molar-refractivity contribution in [2.24, 2.45) is 5.92 Å². The van der Waals surface area contributed by atoms with Gasteiger partial charge in [-0.1, -0.05) is 13.8 Å². The normalized spacial score (nSPS) is 23.9. The maximum absolute atomic E-state index is 13.3. The summed E-state index contributed by atoms with van der Waals surface area (Å²) in [6.07, 6.45) is 0.0806. The van der Waals surface area contributed by atoms with Crippen molar-refractivity contribution in [3.8, 4) is 5.75 Å². The van der Waals surface area contributed by atoms with Crippen LogP contribution < -0.4 is 10.1 Å². The van der Waals surface area contributed by atoms with Crippen LogP contribution in [0.1, 0.15) is 34.6 Å². The van der Waals surface area contributed by atoms with Crippen molar-refractivity contribution in [1.82, 2.24) is 9.21 Å². The summed E-state index contributed by atoms with van der Waals surface area (Å²) in [6, 6.07) is 4.43. The Labute approximate surface area is 197 Å². The molecule has 1 aromatic rings. The summed E-state index contributed by atoms with van der Waals surface area (Å²) in [5, 5.41) is 2.95. The number of carbonyl (C=O) groups is 1. The maximum Gasteiger partial charge on any atom is 0.246 e. The van der Waals surface area contributed by atoms with Crippen LogP contribution in [0.5, 0.6) is 5.75 Å². The van der Waals surface area contributed by atoms with Gasteiger partial charge in [0, 0.05) is 31.9 Å². The Morgan fingerprint density at radius 1 is 1.18 bits per heavy atom. The SMILES string of the molecule is CCOc1ccc(NC(=O)C(C(C)C)N2CC(C)OC(C)C2)cc1S(=O)(=O)N1CCOCC1. The molecule has 3 atom stereocenters. The van der Waals surface area contributed by atoms with Crippen LogP contribution in [-0.2, 0) is 24.3 Å². The van der Waals surface area contributed by atoms with Crippen molar-refractivity contribution < 1.29 is 27.4 Å². The largest absolute Gasteiger partial charge is 0.492 e. The third kappa shape index (κ3) is 6.24. The minimum absolute atomic E-state index is 0.0403. The molecular weight excluding hydrogens is 446 g/mol. The molecule has 0 saturated carbocycles. The molecule has 1 amide bonds. The summed E-state index contributed by atoms with van der Waals surface area (Å²) in [7, 11) is -3.79. The molecule has 186 valence electrons. The molecule has 9 nitrogen and oxygen atoms in total. The fourth-order valence-electron chi connectivity index (χ4n) is 4.54. The predicted molar refractivity (Wildman–Crippen MR) is 126 cm³/mol. The zero-order chi connectivity index (χ0) is 24.2. The van der Waals surface area contributed by atoms with Crippen LogP contribution in [0, 0.1) is 5.92 Å². The Bertz CT molecular complexity index is 907. The van der Waals surface area contributed by atoms with Gasteiger partial charge in [0.1, 0.15) is 10.6 Å². The third-order valence-corrected chi connectivity index (χ3v) is 7.76. The van der Waals surface area contributed by atoms with Crippen LogP contribution in [0.3, 0.4) is 0 Å². The highest BCUT2D eigenvalue weighted by Crippen LogP contribution is 2.31. The summed E-state index contributed by atoms with van der Waals surface area (Å²) < 4.78 is 44.8. The first-order chi connectivity index (χ1) is 15.6. The number of morpholine rings is 2. The van der Waals surface area contributed by atoms with Gasteiger partial charge in [0.05, 0.1) is 38.1 Å². The van der Waals surface area contributed by atoms with Crippen molar-refractivity contribution in [2.75, 3.05) is 51.3 Å². The second kappa shape index (κ2) is 11.1. The fraction of sp³-hybridized carbons (Fsp3) is 0.696. The Morgan fingerprint density at radius 2 is 1.82 bits per heavy atom. The molecule has 2 aliphatic rings. The Hall–Kier alpha value is -1.72. The molecule has 2 saturated heterocycles. The topological polar surface area (TPSA) is 97.4 Å². The van der Waals surface area contributed by atoms with E-state index in [4.69, 9.17) is 14.2 Å². The molecule has 0 radical (unpaired) electrons. The van der Waals surface area contributed by atoms with E-state index in [0.717, 1.165) is 0 Å². The number of sulfonamides is 1. The summed E-state index contributed by atoms with van der Waals surface area (Å²) in [4.78, 5) is 15.5. The number of rotatable bonds is 8. The standard InChI is InChI=1S/C23H37N3O6S/c1-6-31-20-8-7-19(13-21(20)33(28,29)26-9-11-30-12-10-26)24-23(27)22(16(2)3)25-14-17(4)32-18(5)15-25/h7-8,13,16-18,22H,6,9-12,14-15H2,1-5H3,(H,24,27). The van der Waals surface area contributed by atoms with Gasteiger partial charge in [-0.25, -0.2) is 8.42 Å². The number of nitrogens with one attached hydrogen (secondary N) is 1. The van der Waals surface area contributed by atoms with E-state index in [1.807, 2.05) is 27.7 Å². The number of amides is 1. The first-order valence-electron chi connectivity index (χ1n) is 11.7. The lowest BCUT2D eigenvalue weighted by Gasteiger charge is -2.41. The summed E-state index contributed by atoms with van der Waals surface area (Å²) in [5.41, 5.74) is 0.426. The van der Waals surface area contributed by atoms with E-state index in [2.05, 4.69) is 10.2 Å². The van der Waals surface area contributed by atoms with Crippen LogP contribution in [0.2, 0.25) is 0 Å². The minimum atomic E-state index is -3.79. The van der Waals surface area contributed by atoms with Gasteiger partial charge in [-0.3, -0.25) is 9.69 Å². The van der Waals surface area contributed by atoms with Crippen molar-refractivity contribution >= 4 is 21.6 Å². The summed E-state index contributed by atoms with van der Waals surface area (Å²) in [6.45, 7) is 12.8. The molecule has 3 unspecified atom stereocenters. The molecule has 10 heteroatoms. The van der Waals surface area contributed by atoms with E-state index in [1.54, 1.807) is 19.1 Å². The van der Waals surface area contributed by atoms with Gasteiger partial charge < -0.3 is 19.5 Å². The van der Waals surface area contributed by atoms with Gasteiger partial charge in [0.25, 0.3) is 0 Å². The van der Waals surface area contributed by atoms with Gasteiger partial charge >= 0.3 is 0 Å². The minimum Gasteiger partial charge on any atom is -0.492 e. The van der Waals surface area contributed by atoms with Gasteiger partial charge in [0.2, 0.25) is 15.9 Å². The van der Waals surface area contributed by atoms with Crippen molar-refractivity contribution in [2.45, 2.75) is 57.8 Å². The van der Waals surface area contributed by atoms with Crippen molar-refractivity contribution in [1.29, 1.82) is 0 Å². The number of benzene rings is 1. The number of carbonyl (C=O) groups excluding carboxylic acids is 1. The Morgan fingerprint density at radius 3 is 2.39 bits per heavy atom. The van der Waals surface area contributed by atoms with Crippen LogP contribution in [0.25, 0.3) is 0 Å². The number of nitrogens with zero attached hydrogens (tertiary/aromatic N) is 2. The van der Waals surface area contributed by atoms with Crippen LogP contribution in [-0.4, -0.2) is 87.8 Å². The van der Waals surface area contributed by atoms with Crippen LogP contribution in [0.15, 0.2) is 23.1 Å². The fourth-order valence-corrected chi connectivity index (χ4v) is 6.10. The second-order valence-corrected chi connectivity index (χ2v) is 10.9. The zero-order valence-electron chi connectivity index (χ0n) is 20.2. The van der Waals surface area contributed by atoms with Crippen LogP contribution in [0.4, 0.5) is 5.69 Å². The lowest BCUT2D eigenvalue weighted by atomic mass is 9.99. The average Bonchev–Trinajstić information content (AvgIpc) is 2.74. The van der Waals surface area contributed by atoms with E-state index in [1.165, 1.54) is 10.4 Å². The van der Waals surface area contributed by atoms with Gasteiger partial charge in [-0.2, -0.15) is 4.31 Å². The number of ether oxygens (including phenoxy) is 3. The molecule has 0 bridgehead atoms. The Balaban J connectivity index is 1.86. The molecule has 3 rings (SSSR count). The number of hydrogen-bond acceptors (Lipinski definition) is 7. The summed E-state index contributed by atoms with van der Waals surface area (Å²) in [5.74, 6) is 0.185. The molecule has 0 aliphatic carbocycles. The molecular formula is C23H37N3O6S. The molecule has 0 aromatic heterocycles. The highest BCUT2D eigenvalue weighted by molar-refractivity contribution is 7.89. The van der Waals surface area contributed by atoms with Crippen LogP contribution >= 0.6 is 0 Å². The first kappa shape index (κ1) is 25.9. The van der Waals surface area contributed by atoms with E-state index in [0.29, 0.717) is 38.6 Å². The molecule has 1 aromatic carbocycles. The third-order valence-electron chi connectivity index (χ3n) is 5.84. The molecule has 2 fully saturated rings. The highest BCUT2D eigenvalue weighted by atomic mass is 32.2. The smallest absolute Gasteiger partial charge is 0.246 e. The average molecular weight is 484 g/mol. The first-order valence-corrected chi connectivity index (χ1v) is 13.1. The molecule has 33 heavy (non-hydrogen) atoms. The van der Waals surface area contributed by atoms with Gasteiger partial charge in [0.15, 0.2) is 0 Å². The van der Waals surface area contributed by atoms with Crippen molar-refractivity contribution in [3.63, 3.8) is 0 Å². The second-order valence-electron chi connectivity index (χ2n) is 9.00. The number of anilines is 1. The van der Waals surface area contributed by atoms with Crippen molar-refractivity contribution in [3.05, 3.63) is 18.2 Å². The number of hydrogen-bond donors (Lipinski definition) is 1. The molecule has 1 N–H and O–H groups in total. The van der Waals surface area contributed by atoms with Gasteiger partial charge in [-0.05, 0) is 44.9 Å². The van der Waals surface area contributed by atoms with E-state index < -0.39 is 10.0 Å². The maximum atomic E-state index is 13.3. The van der Waals surface area contributed by atoms with E-state index in [9.17, 15) is 13.2 Å². The summed E-state index contributed by atoms with van der Waals surface area (Å²) >= 11 is 0. The quantitative estimate of drug-likeness (QED) is 0.605. The molecule has 2 aliphatic heterocycles. The van der Waals surface area contributed by atoms with Gasteiger partial charge in [-0.15, -0.1) is 0 Å². The monoisotopic (exact) mass is 483 g/mol. The highest BCUT2D eigenvalue weighted by Gasteiger charge is 2.35.